The Morgan fingerprint density at radius 1 is 0.667 bits per heavy atom. The Balaban J connectivity index is 3.39. The summed E-state index contributed by atoms with van der Waals surface area (Å²) in [5.41, 5.74) is 0. The van der Waals surface area contributed by atoms with Crippen LogP contribution in [0.15, 0.2) is 61.3 Å². The van der Waals surface area contributed by atoms with E-state index in [9.17, 15) is 0 Å². The third kappa shape index (κ3) is 14.7. The highest BCUT2D eigenvalue weighted by atomic mass is 13.8. The van der Waals surface area contributed by atoms with Crippen molar-refractivity contribution in [3.63, 3.8) is 0 Å². The third-order valence-corrected chi connectivity index (χ3v) is 2.51. The SMILES string of the molecule is C=CC/C=C/C/C=C/C/C=C/C/C=C/CCCC. The van der Waals surface area contributed by atoms with Crippen LogP contribution in [-0.4, -0.2) is 0 Å². The molecule has 0 unspecified atom stereocenters. The summed E-state index contributed by atoms with van der Waals surface area (Å²) in [6.45, 7) is 5.90. The first-order valence-corrected chi connectivity index (χ1v) is 7.12. The summed E-state index contributed by atoms with van der Waals surface area (Å²) in [4.78, 5) is 0. The molecule has 0 bridgehead atoms. The monoisotopic (exact) mass is 244 g/mol. The maximum atomic E-state index is 3.68. The molecule has 0 heteroatoms. The van der Waals surface area contributed by atoms with Crippen molar-refractivity contribution in [2.75, 3.05) is 0 Å². The average Bonchev–Trinajstić information content (AvgIpc) is 2.39. The van der Waals surface area contributed by atoms with Crippen LogP contribution in [0.2, 0.25) is 0 Å². The second-order valence-electron chi connectivity index (χ2n) is 4.26. The molecule has 0 aromatic carbocycles. The molecule has 0 aliphatic rings. The van der Waals surface area contributed by atoms with Crippen LogP contribution in [0.3, 0.4) is 0 Å². The summed E-state index contributed by atoms with van der Waals surface area (Å²) >= 11 is 0. The first kappa shape index (κ1) is 16.7. The van der Waals surface area contributed by atoms with Gasteiger partial charge in [0, 0.05) is 0 Å². The highest BCUT2D eigenvalue weighted by Gasteiger charge is 1.77. The van der Waals surface area contributed by atoms with E-state index in [1.807, 2.05) is 6.08 Å². The smallest absolute Gasteiger partial charge is 0.0169 e. The van der Waals surface area contributed by atoms with Crippen LogP contribution in [0.5, 0.6) is 0 Å². The third-order valence-electron chi connectivity index (χ3n) is 2.51. The van der Waals surface area contributed by atoms with Gasteiger partial charge in [-0.1, -0.05) is 74.4 Å². The van der Waals surface area contributed by atoms with Crippen LogP contribution < -0.4 is 0 Å². The van der Waals surface area contributed by atoms with Gasteiger partial charge in [0.25, 0.3) is 0 Å². The Morgan fingerprint density at radius 3 is 1.56 bits per heavy atom. The van der Waals surface area contributed by atoms with Gasteiger partial charge in [0.15, 0.2) is 0 Å². The van der Waals surface area contributed by atoms with Crippen molar-refractivity contribution in [2.45, 2.75) is 51.9 Å². The zero-order valence-electron chi connectivity index (χ0n) is 11.9. The minimum atomic E-state index is 0.970. The van der Waals surface area contributed by atoms with Gasteiger partial charge in [-0.05, 0) is 32.1 Å². The Hall–Kier alpha value is -1.30. The quantitative estimate of drug-likeness (QED) is 0.302. The predicted octanol–water partition coefficient (Wildman–Crippen LogP) is 6.15. The molecule has 0 radical (unpaired) electrons. The summed E-state index contributed by atoms with van der Waals surface area (Å²) in [6, 6.07) is 0. The van der Waals surface area contributed by atoms with Gasteiger partial charge in [-0.25, -0.2) is 0 Å². The maximum absolute atomic E-state index is 3.68. The molecule has 0 aliphatic heterocycles. The van der Waals surface area contributed by atoms with Gasteiger partial charge in [0.1, 0.15) is 0 Å². The summed E-state index contributed by atoms with van der Waals surface area (Å²) in [5, 5.41) is 0. The van der Waals surface area contributed by atoms with E-state index in [0.29, 0.717) is 0 Å². The molecule has 0 spiro atoms. The fourth-order valence-corrected chi connectivity index (χ4v) is 1.45. The lowest BCUT2D eigenvalue weighted by Crippen LogP contribution is -1.67. The molecular formula is C18H28. The minimum Gasteiger partial charge on any atom is -0.103 e. The van der Waals surface area contributed by atoms with Gasteiger partial charge in [-0.2, -0.15) is 0 Å². The molecule has 100 valence electrons. The van der Waals surface area contributed by atoms with E-state index in [-0.39, 0.29) is 0 Å². The van der Waals surface area contributed by atoms with Crippen LogP contribution in [-0.2, 0) is 0 Å². The second kappa shape index (κ2) is 15.7. The van der Waals surface area contributed by atoms with Gasteiger partial charge in [-0.3, -0.25) is 0 Å². The molecule has 0 saturated carbocycles. The number of allylic oxidation sites excluding steroid dienone is 9. The maximum Gasteiger partial charge on any atom is -0.0169 e. The molecule has 0 rings (SSSR count). The van der Waals surface area contributed by atoms with Crippen molar-refractivity contribution in [1.29, 1.82) is 0 Å². The zero-order chi connectivity index (χ0) is 13.3. The molecule has 0 N–H and O–H groups in total. The van der Waals surface area contributed by atoms with Crippen molar-refractivity contribution in [1.82, 2.24) is 0 Å². The largest absolute Gasteiger partial charge is 0.103 e. The molecule has 0 heterocycles. The molecular weight excluding hydrogens is 216 g/mol. The van der Waals surface area contributed by atoms with E-state index >= 15 is 0 Å². The van der Waals surface area contributed by atoms with E-state index in [1.54, 1.807) is 0 Å². The molecule has 0 saturated heterocycles. The van der Waals surface area contributed by atoms with Gasteiger partial charge >= 0.3 is 0 Å². The fraction of sp³-hybridized carbons (Fsp3) is 0.444. The Labute approximate surface area is 113 Å². The van der Waals surface area contributed by atoms with Crippen LogP contribution >= 0.6 is 0 Å². The highest BCUT2D eigenvalue weighted by Crippen LogP contribution is 1.98. The molecule has 18 heavy (non-hydrogen) atoms. The number of hydrogen-bond acceptors (Lipinski definition) is 0. The first-order valence-electron chi connectivity index (χ1n) is 7.12. The molecule has 0 aromatic rings. The number of rotatable bonds is 11. The minimum absolute atomic E-state index is 0.970. The zero-order valence-corrected chi connectivity index (χ0v) is 11.9. The Kier molecular flexibility index (Phi) is 14.6. The first-order chi connectivity index (χ1) is 8.91. The van der Waals surface area contributed by atoms with E-state index in [0.717, 1.165) is 25.7 Å². The van der Waals surface area contributed by atoms with Gasteiger partial charge in [0.2, 0.25) is 0 Å². The Bertz CT molecular complexity index is 276. The van der Waals surface area contributed by atoms with E-state index in [4.69, 9.17) is 0 Å². The van der Waals surface area contributed by atoms with Gasteiger partial charge < -0.3 is 0 Å². The van der Waals surface area contributed by atoms with Crippen LogP contribution in [0, 0.1) is 0 Å². The normalized spacial score (nSPS) is 12.5. The lowest BCUT2D eigenvalue weighted by Gasteiger charge is -1.87. The second-order valence-corrected chi connectivity index (χ2v) is 4.26. The summed E-state index contributed by atoms with van der Waals surface area (Å²) in [5.74, 6) is 0. The van der Waals surface area contributed by atoms with Gasteiger partial charge in [0.05, 0.1) is 0 Å². The molecule has 0 nitrogen and oxygen atoms in total. The lowest BCUT2D eigenvalue weighted by atomic mass is 10.2. The van der Waals surface area contributed by atoms with Crippen molar-refractivity contribution in [3.8, 4) is 0 Å². The Morgan fingerprint density at radius 2 is 1.11 bits per heavy atom. The summed E-state index contributed by atoms with van der Waals surface area (Å²) < 4.78 is 0. The van der Waals surface area contributed by atoms with E-state index < -0.39 is 0 Å². The summed E-state index contributed by atoms with van der Waals surface area (Å²) in [7, 11) is 0. The van der Waals surface area contributed by atoms with E-state index in [2.05, 4.69) is 62.1 Å². The van der Waals surface area contributed by atoms with Crippen molar-refractivity contribution < 1.29 is 0 Å². The number of unbranched alkanes of at least 4 members (excludes halogenated alkanes) is 2. The standard InChI is InChI=1S/C18H28/c1-3-5-7-9-11-13-15-17-18-16-14-12-10-8-6-4-2/h3,7,9-10,12-13,15-16,18H,1,4-6,8,11,14,17H2,2H3/b9-7+,12-10+,15-13+,18-16+. The lowest BCUT2D eigenvalue weighted by molar-refractivity contribution is 0.813. The highest BCUT2D eigenvalue weighted by molar-refractivity contribution is 5.00. The van der Waals surface area contributed by atoms with Crippen LogP contribution in [0.1, 0.15) is 51.9 Å². The van der Waals surface area contributed by atoms with Crippen molar-refractivity contribution in [3.05, 3.63) is 61.3 Å². The topological polar surface area (TPSA) is 0 Å². The van der Waals surface area contributed by atoms with Crippen LogP contribution in [0.4, 0.5) is 0 Å². The van der Waals surface area contributed by atoms with Crippen molar-refractivity contribution in [2.24, 2.45) is 0 Å². The average molecular weight is 244 g/mol. The molecule has 0 aromatic heterocycles. The molecule has 0 amide bonds. The van der Waals surface area contributed by atoms with Crippen LogP contribution in [0.25, 0.3) is 0 Å². The van der Waals surface area contributed by atoms with E-state index in [1.165, 1.54) is 19.3 Å². The number of hydrogen-bond donors (Lipinski definition) is 0. The summed E-state index contributed by atoms with van der Waals surface area (Å²) in [6.07, 6.45) is 27.6. The predicted molar refractivity (Wildman–Crippen MR) is 84.8 cm³/mol. The van der Waals surface area contributed by atoms with Crippen molar-refractivity contribution >= 4 is 0 Å². The molecule has 0 fully saturated rings. The molecule has 0 aliphatic carbocycles. The fourth-order valence-electron chi connectivity index (χ4n) is 1.45. The molecule has 0 atom stereocenters. The van der Waals surface area contributed by atoms with Gasteiger partial charge in [-0.15, -0.1) is 6.58 Å².